The molecular weight excluding hydrogens is 332 g/mol. The van der Waals surface area contributed by atoms with Crippen LogP contribution in [0.1, 0.15) is 37.0 Å². The number of amides is 1. The van der Waals surface area contributed by atoms with Gasteiger partial charge >= 0.3 is 0 Å². The van der Waals surface area contributed by atoms with Gasteiger partial charge in [0.15, 0.2) is 0 Å². The van der Waals surface area contributed by atoms with E-state index in [0.717, 1.165) is 32.1 Å². The van der Waals surface area contributed by atoms with Gasteiger partial charge in [0.1, 0.15) is 0 Å². The van der Waals surface area contributed by atoms with Crippen LogP contribution in [0.25, 0.3) is 0 Å². The Hall–Kier alpha value is -0.920. The van der Waals surface area contributed by atoms with E-state index in [4.69, 9.17) is 0 Å². The third-order valence-electron chi connectivity index (χ3n) is 4.51. The average molecular weight is 357 g/mol. The first-order chi connectivity index (χ1) is 11.1. The van der Waals surface area contributed by atoms with E-state index in [2.05, 4.69) is 11.4 Å². The van der Waals surface area contributed by atoms with Gasteiger partial charge in [0.05, 0.1) is 5.25 Å². The number of hydrogen-bond acceptors (Lipinski definition) is 4. The lowest BCUT2D eigenvalue weighted by Gasteiger charge is -2.22. The van der Waals surface area contributed by atoms with Crippen molar-refractivity contribution in [2.24, 2.45) is 0 Å². The van der Waals surface area contributed by atoms with Gasteiger partial charge in [-0.15, -0.1) is 11.3 Å². The van der Waals surface area contributed by atoms with Crippen molar-refractivity contribution in [3.05, 3.63) is 22.4 Å². The summed E-state index contributed by atoms with van der Waals surface area (Å²) in [4.78, 5) is 15.5. The molecule has 1 aromatic rings. The summed E-state index contributed by atoms with van der Waals surface area (Å²) in [7, 11) is -3.11. The molecule has 0 unspecified atom stereocenters. The molecule has 1 aliphatic carbocycles. The number of carbonyl (C=O) groups is 1. The Morgan fingerprint density at radius 2 is 2.04 bits per heavy atom. The molecule has 2 fully saturated rings. The maximum atomic E-state index is 12.3. The van der Waals surface area contributed by atoms with Gasteiger partial charge in [0, 0.05) is 37.5 Å². The summed E-state index contributed by atoms with van der Waals surface area (Å²) in [5.41, 5.74) is 0. The van der Waals surface area contributed by atoms with Crippen LogP contribution in [-0.4, -0.2) is 55.0 Å². The van der Waals surface area contributed by atoms with Gasteiger partial charge in [0.2, 0.25) is 15.9 Å². The van der Waals surface area contributed by atoms with Gasteiger partial charge in [-0.25, -0.2) is 8.42 Å². The Morgan fingerprint density at radius 1 is 1.22 bits per heavy atom. The molecule has 5 nitrogen and oxygen atoms in total. The number of sulfonamides is 1. The Labute approximate surface area is 142 Å². The van der Waals surface area contributed by atoms with Gasteiger partial charge in [-0.2, -0.15) is 4.31 Å². The normalized spacial score (nSPS) is 20.4. The number of aryl methyl sites for hydroxylation is 1. The average Bonchev–Trinajstić information content (AvgIpc) is 3.31. The fourth-order valence-corrected chi connectivity index (χ4v) is 5.63. The number of hydrogen-bond donors (Lipinski definition) is 0. The fraction of sp³-hybridized carbons (Fsp3) is 0.688. The van der Waals surface area contributed by atoms with Crippen molar-refractivity contribution in [2.45, 2.75) is 43.8 Å². The van der Waals surface area contributed by atoms with Crippen molar-refractivity contribution in [1.29, 1.82) is 0 Å². The molecule has 1 amide bonds. The first kappa shape index (κ1) is 16.9. The summed E-state index contributed by atoms with van der Waals surface area (Å²) in [6, 6.07) is 4.13. The van der Waals surface area contributed by atoms with Crippen molar-refractivity contribution >= 4 is 27.3 Å². The van der Waals surface area contributed by atoms with Crippen LogP contribution in [-0.2, 0) is 21.2 Å². The molecule has 0 radical (unpaired) electrons. The van der Waals surface area contributed by atoms with E-state index in [1.165, 1.54) is 4.88 Å². The molecule has 7 heteroatoms. The molecule has 2 heterocycles. The molecule has 1 saturated heterocycles. The quantitative estimate of drug-likeness (QED) is 0.784. The Balaban J connectivity index is 1.46. The smallest absolute Gasteiger partial charge is 0.222 e. The predicted octanol–water partition coefficient (Wildman–Crippen LogP) is 2.10. The molecule has 0 N–H and O–H groups in total. The van der Waals surface area contributed by atoms with E-state index in [1.54, 1.807) is 15.6 Å². The highest BCUT2D eigenvalue weighted by Gasteiger charge is 2.40. The van der Waals surface area contributed by atoms with Crippen molar-refractivity contribution in [3.63, 3.8) is 0 Å². The van der Waals surface area contributed by atoms with Crippen LogP contribution in [0, 0.1) is 0 Å². The van der Waals surface area contributed by atoms with E-state index in [-0.39, 0.29) is 11.2 Å². The van der Waals surface area contributed by atoms with Crippen LogP contribution in [0.15, 0.2) is 17.5 Å². The van der Waals surface area contributed by atoms with Crippen LogP contribution >= 0.6 is 11.3 Å². The maximum Gasteiger partial charge on any atom is 0.222 e. The van der Waals surface area contributed by atoms with Crippen molar-refractivity contribution in [1.82, 2.24) is 9.21 Å². The van der Waals surface area contributed by atoms with Gasteiger partial charge < -0.3 is 4.90 Å². The summed E-state index contributed by atoms with van der Waals surface area (Å²) < 4.78 is 26.2. The molecule has 3 rings (SSSR count). The number of nitrogens with zero attached hydrogens (tertiary/aromatic N) is 2. The standard InChI is InChI=1S/C16H24N2O3S2/c19-16(6-1-4-14-5-2-13-22-14)17-9-3-10-18(12-11-17)23(20,21)15-7-8-15/h2,5,13,15H,1,3-4,6-12H2. The zero-order chi connectivity index (χ0) is 16.3. The Kier molecular flexibility index (Phi) is 5.38. The molecule has 1 aliphatic heterocycles. The zero-order valence-corrected chi connectivity index (χ0v) is 14.9. The lowest BCUT2D eigenvalue weighted by molar-refractivity contribution is -0.131. The summed E-state index contributed by atoms with van der Waals surface area (Å²) in [5, 5.41) is 1.90. The maximum absolute atomic E-state index is 12.3. The topological polar surface area (TPSA) is 57.7 Å². The fourth-order valence-electron chi connectivity index (χ4n) is 3.00. The van der Waals surface area contributed by atoms with Gasteiger partial charge in [-0.1, -0.05) is 6.07 Å². The van der Waals surface area contributed by atoms with E-state index in [1.807, 2.05) is 11.0 Å². The SMILES string of the molecule is O=C(CCCc1cccs1)N1CCCN(S(=O)(=O)C2CC2)CC1. The van der Waals surface area contributed by atoms with Crippen LogP contribution in [0.3, 0.4) is 0 Å². The first-order valence-corrected chi connectivity index (χ1v) is 10.7. The third kappa shape index (κ3) is 4.33. The van der Waals surface area contributed by atoms with Crippen molar-refractivity contribution in [3.8, 4) is 0 Å². The highest BCUT2D eigenvalue weighted by atomic mass is 32.2. The van der Waals surface area contributed by atoms with Crippen LogP contribution in [0.2, 0.25) is 0 Å². The molecule has 1 aromatic heterocycles. The second-order valence-electron chi connectivity index (χ2n) is 6.31. The van der Waals surface area contributed by atoms with Crippen LogP contribution < -0.4 is 0 Å². The summed E-state index contributed by atoms with van der Waals surface area (Å²) >= 11 is 1.73. The lowest BCUT2D eigenvalue weighted by atomic mass is 10.2. The third-order valence-corrected chi connectivity index (χ3v) is 7.84. The summed E-state index contributed by atoms with van der Waals surface area (Å²) in [6.07, 6.45) is 4.68. The Morgan fingerprint density at radius 3 is 2.74 bits per heavy atom. The zero-order valence-electron chi connectivity index (χ0n) is 13.3. The minimum atomic E-state index is -3.11. The van der Waals surface area contributed by atoms with Crippen molar-refractivity contribution < 1.29 is 13.2 Å². The molecule has 0 spiro atoms. The number of thiophene rings is 1. The van der Waals surface area contributed by atoms with E-state index in [9.17, 15) is 13.2 Å². The van der Waals surface area contributed by atoms with E-state index in [0.29, 0.717) is 32.6 Å². The monoisotopic (exact) mass is 356 g/mol. The van der Waals surface area contributed by atoms with Crippen LogP contribution in [0.4, 0.5) is 0 Å². The van der Waals surface area contributed by atoms with E-state index >= 15 is 0 Å². The largest absolute Gasteiger partial charge is 0.341 e. The second kappa shape index (κ2) is 7.32. The number of rotatable bonds is 6. The van der Waals surface area contributed by atoms with Crippen molar-refractivity contribution in [2.75, 3.05) is 26.2 Å². The molecule has 128 valence electrons. The minimum Gasteiger partial charge on any atom is -0.341 e. The second-order valence-corrected chi connectivity index (χ2v) is 9.56. The van der Waals surface area contributed by atoms with Crippen LogP contribution in [0.5, 0.6) is 0 Å². The molecule has 0 bridgehead atoms. The Bertz CT molecular complexity index is 624. The molecular formula is C16H24N2O3S2. The molecule has 2 aliphatic rings. The van der Waals surface area contributed by atoms with Gasteiger partial charge in [-0.05, 0) is 43.6 Å². The minimum absolute atomic E-state index is 0.157. The van der Waals surface area contributed by atoms with Gasteiger partial charge in [-0.3, -0.25) is 4.79 Å². The first-order valence-electron chi connectivity index (χ1n) is 8.36. The molecule has 1 saturated carbocycles. The molecule has 0 aromatic carbocycles. The molecule has 23 heavy (non-hydrogen) atoms. The van der Waals surface area contributed by atoms with E-state index < -0.39 is 10.0 Å². The summed E-state index contributed by atoms with van der Waals surface area (Å²) in [5.74, 6) is 0.159. The molecule has 0 atom stereocenters. The predicted molar refractivity (Wildman–Crippen MR) is 92.0 cm³/mol. The highest BCUT2D eigenvalue weighted by Crippen LogP contribution is 2.31. The number of carbonyl (C=O) groups excluding carboxylic acids is 1. The lowest BCUT2D eigenvalue weighted by Crippen LogP contribution is -2.38. The highest BCUT2D eigenvalue weighted by molar-refractivity contribution is 7.90. The van der Waals surface area contributed by atoms with Gasteiger partial charge in [0.25, 0.3) is 0 Å². The summed E-state index contributed by atoms with van der Waals surface area (Å²) in [6.45, 7) is 2.21.